The molecule has 1 heterocycles. The Hall–Kier alpha value is -3.72. The van der Waals surface area contributed by atoms with Gasteiger partial charge in [0, 0.05) is 5.69 Å². The van der Waals surface area contributed by atoms with Crippen molar-refractivity contribution in [1.29, 1.82) is 0 Å². The molecular formula is C23H22N2O6S. The topological polar surface area (TPSA) is 103 Å². The average molecular weight is 455 g/mol. The molecule has 0 saturated carbocycles. The smallest absolute Gasteiger partial charge is 0.259 e. The molecule has 8 nitrogen and oxygen atoms in total. The number of aryl methyl sites for hydroxylation is 1. The number of hydrogen-bond donors (Lipinski definition) is 2. The van der Waals surface area contributed by atoms with Gasteiger partial charge in [-0.3, -0.25) is 9.52 Å². The highest BCUT2D eigenvalue weighted by molar-refractivity contribution is 7.91. The lowest BCUT2D eigenvalue weighted by Crippen LogP contribution is -2.16. The number of methoxy groups -OCH3 is 2. The summed E-state index contributed by atoms with van der Waals surface area (Å²) in [6, 6.07) is 14.9. The number of nitrogens with one attached hydrogen (secondary N) is 2. The highest BCUT2D eigenvalue weighted by Gasteiger charge is 2.22. The molecule has 1 aliphatic rings. The molecule has 0 fully saturated rings. The zero-order valence-electron chi connectivity index (χ0n) is 17.8. The van der Waals surface area contributed by atoms with Gasteiger partial charge in [-0.15, -0.1) is 0 Å². The fraction of sp³-hybridized carbons (Fsp3) is 0.174. The summed E-state index contributed by atoms with van der Waals surface area (Å²) in [6.45, 7) is 1.91. The van der Waals surface area contributed by atoms with Gasteiger partial charge in [-0.2, -0.15) is 0 Å². The minimum atomic E-state index is -3.76. The minimum Gasteiger partial charge on any atom is -0.493 e. The average Bonchev–Trinajstić information content (AvgIpc) is 2.88. The van der Waals surface area contributed by atoms with E-state index >= 15 is 0 Å². The van der Waals surface area contributed by atoms with Crippen LogP contribution < -0.4 is 24.2 Å². The van der Waals surface area contributed by atoms with Crippen LogP contribution in [0.25, 0.3) is 0 Å². The van der Waals surface area contributed by atoms with E-state index in [-0.39, 0.29) is 22.9 Å². The largest absolute Gasteiger partial charge is 0.493 e. The van der Waals surface area contributed by atoms with Crippen molar-refractivity contribution < 1.29 is 27.4 Å². The van der Waals surface area contributed by atoms with E-state index in [1.54, 1.807) is 36.4 Å². The monoisotopic (exact) mass is 454 g/mol. The van der Waals surface area contributed by atoms with Crippen molar-refractivity contribution in [2.24, 2.45) is 0 Å². The standard InChI is InChI=1S/C23H22N2O6S/c1-14-4-7-20-18(10-14)24-23(26)17-12-16(6-9-19(17)31-20)25-32(27,28)13-15-5-8-21(29-2)22(11-15)30-3/h4-12,25H,13H2,1-3H3,(H,24,26). The Morgan fingerprint density at radius 2 is 1.69 bits per heavy atom. The van der Waals surface area contributed by atoms with Crippen LogP contribution in [-0.2, 0) is 15.8 Å². The van der Waals surface area contributed by atoms with Crippen LogP contribution in [-0.4, -0.2) is 28.5 Å². The maximum absolute atomic E-state index is 12.7. The third kappa shape index (κ3) is 4.47. The van der Waals surface area contributed by atoms with Crippen molar-refractivity contribution in [2.45, 2.75) is 12.7 Å². The van der Waals surface area contributed by atoms with Gasteiger partial charge in [0.15, 0.2) is 17.2 Å². The first kappa shape index (κ1) is 21.5. The number of ether oxygens (including phenoxy) is 3. The van der Waals surface area contributed by atoms with Gasteiger partial charge in [0.2, 0.25) is 10.0 Å². The second-order valence-electron chi connectivity index (χ2n) is 7.32. The Bertz CT molecular complexity index is 1300. The third-order valence-electron chi connectivity index (χ3n) is 4.91. The zero-order chi connectivity index (χ0) is 22.9. The van der Waals surface area contributed by atoms with Crippen LogP contribution in [0.3, 0.4) is 0 Å². The fourth-order valence-electron chi connectivity index (χ4n) is 3.40. The van der Waals surface area contributed by atoms with E-state index in [0.29, 0.717) is 34.2 Å². The number of carbonyl (C=O) groups excluding carboxylic acids is 1. The van der Waals surface area contributed by atoms with Gasteiger partial charge in [0.1, 0.15) is 5.75 Å². The molecule has 9 heteroatoms. The lowest BCUT2D eigenvalue weighted by atomic mass is 10.1. The van der Waals surface area contributed by atoms with Crippen LogP contribution in [0.2, 0.25) is 0 Å². The third-order valence-corrected chi connectivity index (χ3v) is 6.17. The Kier molecular flexibility index (Phi) is 5.67. The lowest BCUT2D eigenvalue weighted by molar-refractivity contribution is 0.102. The van der Waals surface area contributed by atoms with E-state index < -0.39 is 10.0 Å². The van der Waals surface area contributed by atoms with Gasteiger partial charge in [0.25, 0.3) is 5.91 Å². The first-order valence-corrected chi connectivity index (χ1v) is 11.4. The molecule has 0 aromatic heterocycles. The summed E-state index contributed by atoms with van der Waals surface area (Å²) in [4.78, 5) is 12.7. The number of fused-ring (bicyclic) bond motifs is 2. The first-order valence-electron chi connectivity index (χ1n) is 9.73. The van der Waals surface area contributed by atoms with Gasteiger partial charge >= 0.3 is 0 Å². The van der Waals surface area contributed by atoms with Crippen molar-refractivity contribution in [3.8, 4) is 23.0 Å². The number of carbonyl (C=O) groups is 1. The Labute approximate surface area is 186 Å². The maximum atomic E-state index is 12.7. The molecule has 4 rings (SSSR count). The van der Waals surface area contributed by atoms with E-state index in [0.717, 1.165) is 5.56 Å². The Morgan fingerprint density at radius 1 is 0.938 bits per heavy atom. The van der Waals surface area contributed by atoms with Gasteiger partial charge in [-0.25, -0.2) is 8.42 Å². The summed E-state index contributed by atoms with van der Waals surface area (Å²) in [5.41, 5.74) is 2.54. The number of amides is 1. The van der Waals surface area contributed by atoms with Crippen LogP contribution in [0, 0.1) is 6.92 Å². The summed E-state index contributed by atoms with van der Waals surface area (Å²) in [6.07, 6.45) is 0. The lowest BCUT2D eigenvalue weighted by Gasteiger charge is -2.12. The molecule has 0 saturated heterocycles. The SMILES string of the molecule is COc1ccc(CS(=O)(=O)Nc2ccc3c(c2)C(=O)Nc2cc(C)ccc2O3)cc1OC. The van der Waals surface area contributed by atoms with Crippen LogP contribution in [0.1, 0.15) is 21.5 Å². The highest BCUT2D eigenvalue weighted by Crippen LogP contribution is 2.37. The summed E-state index contributed by atoms with van der Waals surface area (Å²) in [5, 5.41) is 2.81. The molecular weight excluding hydrogens is 432 g/mol. The molecule has 3 aromatic carbocycles. The van der Waals surface area contributed by atoms with Crippen LogP contribution >= 0.6 is 0 Å². The molecule has 0 radical (unpaired) electrons. The minimum absolute atomic E-state index is 0.227. The Balaban J connectivity index is 1.56. The summed E-state index contributed by atoms with van der Waals surface area (Å²) in [5.74, 6) is 1.14. The quantitative estimate of drug-likeness (QED) is 0.575. The van der Waals surface area contributed by atoms with Crippen molar-refractivity contribution in [3.63, 3.8) is 0 Å². The van der Waals surface area contributed by atoms with Crippen molar-refractivity contribution >= 4 is 27.3 Å². The van der Waals surface area contributed by atoms with Crippen molar-refractivity contribution in [2.75, 3.05) is 24.3 Å². The number of sulfonamides is 1. The molecule has 32 heavy (non-hydrogen) atoms. The van der Waals surface area contributed by atoms with E-state index in [2.05, 4.69) is 10.0 Å². The van der Waals surface area contributed by atoms with Crippen LogP contribution in [0.5, 0.6) is 23.0 Å². The second-order valence-corrected chi connectivity index (χ2v) is 9.04. The molecule has 1 aliphatic heterocycles. The molecule has 0 spiro atoms. The van der Waals surface area contributed by atoms with Gasteiger partial charge in [0.05, 0.1) is 31.2 Å². The highest BCUT2D eigenvalue weighted by atomic mass is 32.2. The number of benzene rings is 3. The van der Waals surface area contributed by atoms with E-state index in [1.807, 2.05) is 19.1 Å². The van der Waals surface area contributed by atoms with Gasteiger partial charge in [-0.05, 0) is 60.5 Å². The number of hydrogen-bond acceptors (Lipinski definition) is 6. The predicted octanol–water partition coefficient (Wildman–Crippen LogP) is 4.31. The van der Waals surface area contributed by atoms with E-state index in [4.69, 9.17) is 14.2 Å². The molecule has 1 amide bonds. The van der Waals surface area contributed by atoms with Gasteiger partial charge in [-0.1, -0.05) is 12.1 Å². The predicted molar refractivity (Wildman–Crippen MR) is 121 cm³/mol. The number of anilines is 2. The molecule has 166 valence electrons. The summed E-state index contributed by atoms with van der Waals surface area (Å²) in [7, 11) is -0.773. The van der Waals surface area contributed by atoms with Crippen molar-refractivity contribution in [1.82, 2.24) is 0 Å². The fourth-order valence-corrected chi connectivity index (χ4v) is 4.58. The molecule has 0 aliphatic carbocycles. The molecule has 0 bridgehead atoms. The number of rotatable bonds is 6. The zero-order valence-corrected chi connectivity index (χ0v) is 18.6. The van der Waals surface area contributed by atoms with E-state index in [1.165, 1.54) is 20.3 Å². The molecule has 3 aromatic rings. The summed E-state index contributed by atoms with van der Waals surface area (Å²) >= 11 is 0. The van der Waals surface area contributed by atoms with E-state index in [9.17, 15) is 13.2 Å². The van der Waals surface area contributed by atoms with Crippen LogP contribution in [0.4, 0.5) is 11.4 Å². The molecule has 0 atom stereocenters. The molecule has 0 unspecified atom stereocenters. The first-order chi connectivity index (χ1) is 15.3. The maximum Gasteiger partial charge on any atom is 0.259 e. The Morgan fingerprint density at radius 3 is 2.44 bits per heavy atom. The van der Waals surface area contributed by atoms with Crippen LogP contribution in [0.15, 0.2) is 54.6 Å². The molecule has 2 N–H and O–H groups in total. The van der Waals surface area contributed by atoms with Crippen molar-refractivity contribution in [3.05, 3.63) is 71.3 Å². The second kappa shape index (κ2) is 8.43. The van der Waals surface area contributed by atoms with Gasteiger partial charge < -0.3 is 19.5 Å². The summed E-state index contributed by atoms with van der Waals surface area (Å²) < 4.78 is 44.3. The normalized spacial score (nSPS) is 12.5.